The van der Waals surface area contributed by atoms with E-state index in [0.29, 0.717) is 5.92 Å². The molecule has 1 fully saturated rings. The molecule has 116 valence electrons. The molecule has 2 heteroatoms. The van der Waals surface area contributed by atoms with Crippen LogP contribution < -0.4 is 4.90 Å². The molecule has 2 nitrogen and oxygen atoms in total. The van der Waals surface area contributed by atoms with Gasteiger partial charge < -0.3 is 10.0 Å². The van der Waals surface area contributed by atoms with Crippen LogP contribution in [0.4, 0.5) is 5.69 Å². The van der Waals surface area contributed by atoms with Crippen molar-refractivity contribution in [2.24, 2.45) is 11.3 Å². The van der Waals surface area contributed by atoms with E-state index in [4.69, 9.17) is 0 Å². The molecular weight excluding hydrogens is 258 g/mol. The fourth-order valence-electron chi connectivity index (χ4n) is 4.20. The summed E-state index contributed by atoms with van der Waals surface area (Å²) in [5.41, 5.74) is 2.97. The fourth-order valence-corrected chi connectivity index (χ4v) is 4.20. The van der Waals surface area contributed by atoms with Crippen LogP contribution in [0.3, 0.4) is 0 Å². The SMILES string of the molecule is CC1(C)CCCC(CN2CCCCc3ccccc32)C1O. The Kier molecular flexibility index (Phi) is 4.26. The van der Waals surface area contributed by atoms with Gasteiger partial charge in [0.1, 0.15) is 0 Å². The van der Waals surface area contributed by atoms with Gasteiger partial charge >= 0.3 is 0 Å². The van der Waals surface area contributed by atoms with Crippen LogP contribution in [0.25, 0.3) is 0 Å². The van der Waals surface area contributed by atoms with Gasteiger partial charge in [0.15, 0.2) is 0 Å². The summed E-state index contributed by atoms with van der Waals surface area (Å²) >= 11 is 0. The molecule has 0 radical (unpaired) electrons. The van der Waals surface area contributed by atoms with E-state index in [0.717, 1.165) is 19.5 Å². The fraction of sp³-hybridized carbons (Fsp3) is 0.684. The summed E-state index contributed by atoms with van der Waals surface area (Å²) < 4.78 is 0. The van der Waals surface area contributed by atoms with Crippen molar-refractivity contribution in [3.8, 4) is 0 Å². The van der Waals surface area contributed by atoms with E-state index in [2.05, 4.69) is 43.0 Å². The average molecular weight is 287 g/mol. The summed E-state index contributed by atoms with van der Waals surface area (Å²) in [5.74, 6) is 0.417. The van der Waals surface area contributed by atoms with Crippen molar-refractivity contribution in [1.82, 2.24) is 0 Å². The lowest BCUT2D eigenvalue weighted by Crippen LogP contribution is -2.45. The van der Waals surface area contributed by atoms with Gasteiger partial charge in [0.2, 0.25) is 0 Å². The molecule has 1 N–H and O–H groups in total. The Balaban J connectivity index is 1.78. The minimum absolute atomic E-state index is 0.0777. The van der Waals surface area contributed by atoms with E-state index >= 15 is 0 Å². The normalized spacial score (nSPS) is 28.8. The Morgan fingerprint density at radius 1 is 1.19 bits per heavy atom. The number of benzene rings is 1. The highest BCUT2D eigenvalue weighted by Crippen LogP contribution is 2.40. The van der Waals surface area contributed by atoms with Crippen molar-refractivity contribution in [1.29, 1.82) is 0 Å². The quantitative estimate of drug-likeness (QED) is 0.888. The van der Waals surface area contributed by atoms with Crippen molar-refractivity contribution in [2.75, 3.05) is 18.0 Å². The summed E-state index contributed by atoms with van der Waals surface area (Å²) in [5, 5.41) is 10.7. The number of nitrogens with zero attached hydrogens (tertiary/aromatic N) is 1. The molecule has 1 heterocycles. The predicted molar refractivity (Wildman–Crippen MR) is 88.7 cm³/mol. The third-order valence-corrected chi connectivity index (χ3v) is 5.55. The standard InChI is InChI=1S/C19H29NO/c1-19(2)12-7-10-16(18(19)21)14-20-13-6-5-9-15-8-3-4-11-17(15)20/h3-4,8,11,16,18,21H,5-7,9-10,12-14H2,1-2H3. The van der Waals surface area contributed by atoms with Gasteiger partial charge in [0.25, 0.3) is 0 Å². The number of aliphatic hydroxyl groups is 1. The van der Waals surface area contributed by atoms with Gasteiger partial charge in [-0.05, 0) is 49.1 Å². The zero-order valence-electron chi connectivity index (χ0n) is 13.5. The Bertz CT molecular complexity index is 482. The predicted octanol–water partition coefficient (Wildman–Crippen LogP) is 4.02. The molecule has 3 rings (SSSR count). The first-order valence-corrected chi connectivity index (χ1v) is 8.59. The summed E-state index contributed by atoms with van der Waals surface area (Å²) in [4.78, 5) is 2.54. The summed E-state index contributed by atoms with van der Waals surface area (Å²) in [7, 11) is 0. The number of hydrogen-bond acceptors (Lipinski definition) is 2. The monoisotopic (exact) mass is 287 g/mol. The van der Waals surface area contributed by atoms with Gasteiger partial charge in [-0.1, -0.05) is 38.5 Å². The van der Waals surface area contributed by atoms with E-state index in [-0.39, 0.29) is 11.5 Å². The molecular formula is C19H29NO. The van der Waals surface area contributed by atoms with Gasteiger partial charge in [-0.3, -0.25) is 0 Å². The summed E-state index contributed by atoms with van der Waals surface area (Å²) in [6.45, 7) is 6.60. The second-order valence-electron chi connectivity index (χ2n) is 7.62. The van der Waals surface area contributed by atoms with Crippen molar-refractivity contribution >= 4 is 5.69 Å². The molecule has 0 bridgehead atoms. The van der Waals surface area contributed by atoms with Gasteiger partial charge in [0, 0.05) is 24.7 Å². The molecule has 1 saturated carbocycles. The zero-order valence-corrected chi connectivity index (χ0v) is 13.5. The van der Waals surface area contributed by atoms with Crippen LogP contribution in [-0.2, 0) is 6.42 Å². The van der Waals surface area contributed by atoms with Crippen molar-refractivity contribution in [3.63, 3.8) is 0 Å². The van der Waals surface area contributed by atoms with Crippen LogP contribution in [0, 0.1) is 11.3 Å². The molecule has 1 aliphatic heterocycles. The van der Waals surface area contributed by atoms with Crippen LogP contribution >= 0.6 is 0 Å². The first-order chi connectivity index (χ1) is 10.1. The van der Waals surface area contributed by atoms with E-state index in [1.54, 1.807) is 0 Å². The molecule has 2 atom stereocenters. The molecule has 0 amide bonds. The smallest absolute Gasteiger partial charge is 0.0636 e. The number of para-hydroxylation sites is 1. The largest absolute Gasteiger partial charge is 0.392 e. The molecule has 0 aromatic heterocycles. The second kappa shape index (κ2) is 6.00. The van der Waals surface area contributed by atoms with Crippen LogP contribution in [-0.4, -0.2) is 24.3 Å². The Morgan fingerprint density at radius 3 is 2.86 bits per heavy atom. The highest BCUT2D eigenvalue weighted by molar-refractivity contribution is 5.54. The van der Waals surface area contributed by atoms with Crippen molar-refractivity contribution in [2.45, 2.75) is 58.5 Å². The maximum atomic E-state index is 10.7. The van der Waals surface area contributed by atoms with Crippen LogP contribution in [0.5, 0.6) is 0 Å². The molecule has 0 spiro atoms. The van der Waals surface area contributed by atoms with Gasteiger partial charge in [-0.25, -0.2) is 0 Å². The van der Waals surface area contributed by atoms with E-state index in [9.17, 15) is 5.11 Å². The molecule has 0 saturated heterocycles. The van der Waals surface area contributed by atoms with Crippen LogP contribution in [0.15, 0.2) is 24.3 Å². The highest BCUT2D eigenvalue weighted by Gasteiger charge is 2.38. The average Bonchev–Trinajstić information content (AvgIpc) is 2.67. The van der Waals surface area contributed by atoms with Crippen LogP contribution in [0.2, 0.25) is 0 Å². The van der Waals surface area contributed by atoms with Gasteiger partial charge in [-0.2, -0.15) is 0 Å². The lowest BCUT2D eigenvalue weighted by Gasteiger charge is -2.43. The maximum absolute atomic E-state index is 10.7. The Morgan fingerprint density at radius 2 is 2.00 bits per heavy atom. The lowest BCUT2D eigenvalue weighted by atomic mass is 9.69. The Labute approximate surface area is 129 Å². The van der Waals surface area contributed by atoms with E-state index < -0.39 is 0 Å². The minimum Gasteiger partial charge on any atom is -0.392 e. The minimum atomic E-state index is -0.165. The van der Waals surface area contributed by atoms with Crippen LogP contribution in [0.1, 0.15) is 51.5 Å². The highest BCUT2D eigenvalue weighted by atomic mass is 16.3. The number of hydrogen-bond donors (Lipinski definition) is 1. The van der Waals surface area contributed by atoms with Gasteiger partial charge in [0.05, 0.1) is 6.10 Å². The first kappa shape index (κ1) is 14.9. The molecule has 2 aliphatic rings. The van der Waals surface area contributed by atoms with Gasteiger partial charge in [-0.15, -0.1) is 0 Å². The van der Waals surface area contributed by atoms with Crippen molar-refractivity contribution < 1.29 is 5.11 Å². The molecule has 1 aromatic carbocycles. The topological polar surface area (TPSA) is 23.5 Å². The third-order valence-electron chi connectivity index (χ3n) is 5.55. The molecule has 1 aromatic rings. The van der Waals surface area contributed by atoms with Crippen molar-refractivity contribution in [3.05, 3.63) is 29.8 Å². The third kappa shape index (κ3) is 3.11. The number of fused-ring (bicyclic) bond motifs is 1. The first-order valence-electron chi connectivity index (χ1n) is 8.59. The van der Waals surface area contributed by atoms with E-state index in [1.807, 2.05) is 0 Å². The number of aryl methyl sites for hydroxylation is 1. The molecule has 1 aliphatic carbocycles. The number of anilines is 1. The number of rotatable bonds is 2. The maximum Gasteiger partial charge on any atom is 0.0636 e. The zero-order chi connectivity index (χ0) is 14.9. The Hall–Kier alpha value is -1.02. The second-order valence-corrected chi connectivity index (χ2v) is 7.62. The van der Waals surface area contributed by atoms with E-state index in [1.165, 1.54) is 43.4 Å². The molecule has 21 heavy (non-hydrogen) atoms. The summed E-state index contributed by atoms with van der Waals surface area (Å²) in [6.07, 6.45) is 7.16. The summed E-state index contributed by atoms with van der Waals surface area (Å²) in [6, 6.07) is 8.84. The number of aliphatic hydroxyl groups excluding tert-OH is 1. The lowest BCUT2D eigenvalue weighted by molar-refractivity contribution is -0.0292. The molecule has 2 unspecified atom stereocenters.